The number of carbonyl (C=O) groups is 2. The van der Waals surface area contributed by atoms with E-state index in [0.717, 1.165) is 58.2 Å². The maximum atomic E-state index is 12.8. The third-order valence-electron chi connectivity index (χ3n) is 5.37. The van der Waals surface area contributed by atoms with Crippen LogP contribution in [0.2, 0.25) is 0 Å². The van der Waals surface area contributed by atoms with Gasteiger partial charge in [0, 0.05) is 32.3 Å². The first-order chi connectivity index (χ1) is 11.7. The lowest BCUT2D eigenvalue weighted by molar-refractivity contribution is -0.138. The molecule has 3 rings (SSSR count). The number of allylic oxidation sites excluding steroid dienone is 1. The third-order valence-corrected chi connectivity index (χ3v) is 5.37. The van der Waals surface area contributed by atoms with E-state index < -0.39 is 0 Å². The number of hydrogen-bond acceptors (Lipinski definition) is 3. The molecule has 2 saturated heterocycles. The van der Waals surface area contributed by atoms with Crippen LogP contribution in [0, 0.1) is 0 Å². The Morgan fingerprint density at radius 2 is 1.83 bits per heavy atom. The molecule has 0 aromatic carbocycles. The Morgan fingerprint density at radius 1 is 1.08 bits per heavy atom. The van der Waals surface area contributed by atoms with Gasteiger partial charge in [-0.05, 0) is 51.4 Å². The average molecular weight is 334 g/mol. The fraction of sp³-hybridized carbons (Fsp3) is 0.789. The lowest BCUT2D eigenvalue weighted by atomic mass is 9.94. The van der Waals surface area contributed by atoms with Crippen molar-refractivity contribution in [3.8, 4) is 0 Å². The Labute approximate surface area is 145 Å². The highest BCUT2D eigenvalue weighted by Crippen LogP contribution is 2.23. The fourth-order valence-corrected chi connectivity index (χ4v) is 3.91. The summed E-state index contributed by atoms with van der Waals surface area (Å²) < 4.78 is 5.69. The minimum atomic E-state index is -0.00468. The molecule has 1 aliphatic carbocycles. The largest absolute Gasteiger partial charge is 0.376 e. The van der Waals surface area contributed by atoms with Crippen LogP contribution in [-0.4, -0.2) is 60.5 Å². The lowest BCUT2D eigenvalue weighted by Crippen LogP contribution is -2.44. The van der Waals surface area contributed by atoms with Crippen LogP contribution in [0.5, 0.6) is 0 Å². The van der Waals surface area contributed by atoms with Crippen LogP contribution in [0.3, 0.4) is 0 Å². The topological polar surface area (TPSA) is 49.9 Å². The van der Waals surface area contributed by atoms with Gasteiger partial charge in [-0.2, -0.15) is 0 Å². The van der Waals surface area contributed by atoms with Crippen molar-refractivity contribution < 1.29 is 14.3 Å². The number of hydrogen-bond donors (Lipinski definition) is 0. The molecule has 0 aromatic heterocycles. The van der Waals surface area contributed by atoms with E-state index in [9.17, 15) is 9.59 Å². The molecule has 1 saturated carbocycles. The van der Waals surface area contributed by atoms with E-state index in [1.165, 1.54) is 24.8 Å². The summed E-state index contributed by atoms with van der Waals surface area (Å²) in [7, 11) is 0. The molecular formula is C19H30N2O3. The molecule has 3 fully saturated rings. The van der Waals surface area contributed by atoms with E-state index in [0.29, 0.717) is 6.54 Å². The SMILES string of the molecule is O=C(C=C1CCCCC1)N(CC(=O)N1CCCC1)CC1CCCO1. The third kappa shape index (κ3) is 4.82. The van der Waals surface area contributed by atoms with Crippen LogP contribution < -0.4 is 0 Å². The molecule has 1 unspecified atom stereocenters. The van der Waals surface area contributed by atoms with Gasteiger partial charge in [0.2, 0.25) is 11.8 Å². The highest BCUT2D eigenvalue weighted by molar-refractivity contribution is 5.92. The Hall–Kier alpha value is -1.36. The van der Waals surface area contributed by atoms with Crippen molar-refractivity contribution >= 4 is 11.8 Å². The number of rotatable bonds is 5. The summed E-state index contributed by atoms with van der Waals surface area (Å²) in [6.07, 6.45) is 11.8. The predicted octanol–water partition coefficient (Wildman–Crippen LogP) is 2.51. The fourth-order valence-electron chi connectivity index (χ4n) is 3.91. The number of carbonyl (C=O) groups excluding carboxylic acids is 2. The van der Waals surface area contributed by atoms with Gasteiger partial charge in [-0.1, -0.05) is 12.0 Å². The molecule has 0 spiro atoms. The maximum Gasteiger partial charge on any atom is 0.247 e. The normalized spacial score (nSPS) is 24.2. The molecule has 5 nitrogen and oxygen atoms in total. The van der Waals surface area contributed by atoms with Gasteiger partial charge in [0.15, 0.2) is 0 Å². The molecular weight excluding hydrogens is 304 g/mol. The zero-order valence-electron chi connectivity index (χ0n) is 14.7. The Bertz CT molecular complexity index is 469. The van der Waals surface area contributed by atoms with Crippen LogP contribution in [0.25, 0.3) is 0 Å². The van der Waals surface area contributed by atoms with E-state index in [4.69, 9.17) is 4.74 Å². The van der Waals surface area contributed by atoms with E-state index in [2.05, 4.69) is 0 Å². The second-order valence-electron chi connectivity index (χ2n) is 7.30. The first-order valence-corrected chi connectivity index (χ1v) is 9.60. The van der Waals surface area contributed by atoms with Gasteiger partial charge in [0.25, 0.3) is 0 Å². The van der Waals surface area contributed by atoms with Gasteiger partial charge >= 0.3 is 0 Å². The summed E-state index contributed by atoms with van der Waals surface area (Å²) in [6, 6.07) is 0. The molecule has 5 heteroatoms. The van der Waals surface area contributed by atoms with Crippen molar-refractivity contribution in [3.63, 3.8) is 0 Å². The van der Waals surface area contributed by atoms with Gasteiger partial charge in [0.1, 0.15) is 6.54 Å². The van der Waals surface area contributed by atoms with Gasteiger partial charge < -0.3 is 14.5 Å². The Kier molecular flexibility index (Phi) is 6.30. The molecule has 0 bridgehead atoms. The van der Waals surface area contributed by atoms with Crippen LogP contribution in [0.15, 0.2) is 11.6 Å². The van der Waals surface area contributed by atoms with E-state index in [1.54, 1.807) is 11.0 Å². The van der Waals surface area contributed by atoms with Crippen molar-refractivity contribution in [3.05, 3.63) is 11.6 Å². The van der Waals surface area contributed by atoms with Gasteiger partial charge in [-0.15, -0.1) is 0 Å². The molecule has 1 atom stereocenters. The van der Waals surface area contributed by atoms with Crippen molar-refractivity contribution in [1.82, 2.24) is 9.80 Å². The van der Waals surface area contributed by atoms with Crippen molar-refractivity contribution in [2.75, 3.05) is 32.8 Å². The molecule has 0 radical (unpaired) electrons. The van der Waals surface area contributed by atoms with E-state index >= 15 is 0 Å². The second-order valence-corrected chi connectivity index (χ2v) is 7.30. The molecule has 24 heavy (non-hydrogen) atoms. The Morgan fingerprint density at radius 3 is 2.50 bits per heavy atom. The van der Waals surface area contributed by atoms with Crippen LogP contribution in [-0.2, 0) is 14.3 Å². The number of ether oxygens (including phenoxy) is 1. The minimum absolute atomic E-state index is 0.00468. The Balaban J connectivity index is 1.63. The summed E-state index contributed by atoms with van der Waals surface area (Å²) >= 11 is 0. The van der Waals surface area contributed by atoms with Gasteiger partial charge in [-0.25, -0.2) is 0 Å². The summed E-state index contributed by atoms with van der Waals surface area (Å²) in [5.74, 6) is 0.0795. The number of likely N-dealkylation sites (tertiary alicyclic amines) is 1. The van der Waals surface area contributed by atoms with Crippen molar-refractivity contribution in [2.24, 2.45) is 0 Å². The molecule has 0 N–H and O–H groups in total. The maximum absolute atomic E-state index is 12.8. The quantitative estimate of drug-likeness (QED) is 0.726. The number of nitrogens with zero attached hydrogens (tertiary/aromatic N) is 2. The molecule has 2 aliphatic heterocycles. The zero-order valence-corrected chi connectivity index (χ0v) is 14.7. The molecule has 0 aromatic rings. The van der Waals surface area contributed by atoms with E-state index in [1.807, 2.05) is 4.90 Å². The predicted molar refractivity (Wildman–Crippen MR) is 92.5 cm³/mol. The van der Waals surface area contributed by atoms with Crippen LogP contribution in [0.4, 0.5) is 0 Å². The van der Waals surface area contributed by atoms with Crippen molar-refractivity contribution in [1.29, 1.82) is 0 Å². The zero-order chi connectivity index (χ0) is 16.8. The summed E-state index contributed by atoms with van der Waals surface area (Å²) in [5, 5.41) is 0. The first-order valence-electron chi connectivity index (χ1n) is 9.60. The standard InChI is InChI=1S/C19H30N2O3/c22-18(13-16-7-2-1-3-8-16)21(14-17-9-6-12-24-17)15-19(23)20-10-4-5-11-20/h13,17H,1-12,14-15H2. The molecule has 3 aliphatic rings. The smallest absolute Gasteiger partial charge is 0.247 e. The summed E-state index contributed by atoms with van der Waals surface area (Å²) in [4.78, 5) is 28.9. The molecule has 2 amide bonds. The lowest BCUT2D eigenvalue weighted by Gasteiger charge is -2.27. The van der Waals surface area contributed by atoms with Crippen molar-refractivity contribution in [2.45, 2.75) is 63.9 Å². The molecule has 134 valence electrons. The minimum Gasteiger partial charge on any atom is -0.376 e. The summed E-state index contributed by atoms with van der Waals surface area (Å²) in [6.45, 7) is 3.18. The average Bonchev–Trinajstić information content (AvgIpc) is 3.29. The second kappa shape index (κ2) is 8.65. The number of amides is 2. The van der Waals surface area contributed by atoms with Gasteiger partial charge in [-0.3, -0.25) is 9.59 Å². The highest BCUT2D eigenvalue weighted by Gasteiger charge is 2.26. The van der Waals surface area contributed by atoms with E-state index in [-0.39, 0.29) is 24.5 Å². The monoisotopic (exact) mass is 334 g/mol. The van der Waals surface area contributed by atoms with Crippen LogP contribution in [0.1, 0.15) is 57.8 Å². The molecule has 2 heterocycles. The summed E-state index contributed by atoms with van der Waals surface area (Å²) in [5.41, 5.74) is 1.25. The van der Waals surface area contributed by atoms with Gasteiger partial charge in [0.05, 0.1) is 6.10 Å². The first kappa shape index (κ1) is 17.5. The highest BCUT2D eigenvalue weighted by atomic mass is 16.5. The van der Waals surface area contributed by atoms with Crippen LogP contribution >= 0.6 is 0 Å².